The van der Waals surface area contributed by atoms with Gasteiger partial charge in [-0.15, -0.1) is 24.0 Å². The molecule has 0 saturated heterocycles. The first-order valence-electron chi connectivity index (χ1n) is 10.0. The van der Waals surface area contributed by atoms with Gasteiger partial charge in [0.2, 0.25) is 5.89 Å². The zero-order chi connectivity index (χ0) is 23.0. The average Bonchev–Trinajstić information content (AvgIpc) is 3.23. The van der Waals surface area contributed by atoms with E-state index in [1.54, 1.807) is 31.5 Å². The number of hydrogen-bond donors (Lipinski definition) is 2. The number of oxazole rings is 1. The van der Waals surface area contributed by atoms with E-state index < -0.39 is 12.8 Å². The molecule has 3 aromatic rings. The van der Waals surface area contributed by atoms with Gasteiger partial charge in [0.1, 0.15) is 12.9 Å². The van der Waals surface area contributed by atoms with E-state index >= 15 is 0 Å². The lowest BCUT2D eigenvalue weighted by atomic mass is 10.1. The molecule has 1 heterocycles. The molecule has 0 aliphatic rings. The molecule has 3 rings (SSSR count). The van der Waals surface area contributed by atoms with Crippen molar-refractivity contribution in [1.29, 1.82) is 0 Å². The van der Waals surface area contributed by atoms with Crippen molar-refractivity contribution in [3.05, 3.63) is 77.2 Å². The van der Waals surface area contributed by atoms with Gasteiger partial charge in [0.05, 0.1) is 18.8 Å². The van der Waals surface area contributed by atoms with E-state index in [1.165, 1.54) is 0 Å². The minimum Gasteiger partial charge on any atom is -0.444 e. The number of halogens is 4. The number of benzene rings is 2. The van der Waals surface area contributed by atoms with Crippen molar-refractivity contribution < 1.29 is 22.3 Å². The molecule has 0 aliphatic carbocycles. The number of guanidine groups is 1. The number of nitrogens with one attached hydrogen (secondary N) is 2. The summed E-state index contributed by atoms with van der Waals surface area (Å²) < 4.78 is 46.9. The summed E-state index contributed by atoms with van der Waals surface area (Å²) in [4.78, 5) is 8.66. The van der Waals surface area contributed by atoms with Crippen molar-refractivity contribution in [2.75, 3.05) is 13.7 Å². The molecule has 0 spiro atoms. The zero-order valence-corrected chi connectivity index (χ0v) is 20.6. The fourth-order valence-corrected chi connectivity index (χ4v) is 2.91. The minimum absolute atomic E-state index is 0. The van der Waals surface area contributed by atoms with E-state index in [-0.39, 0.29) is 30.6 Å². The van der Waals surface area contributed by atoms with E-state index in [0.717, 1.165) is 22.4 Å². The SMILES string of the molecule is CN=C(NCc1cccc(COCC(F)(F)F)c1)NCc1coc(-c2ccc(C)cc2)n1.I. The first-order chi connectivity index (χ1) is 15.3. The van der Waals surface area contributed by atoms with Crippen molar-refractivity contribution in [3.8, 4) is 11.5 Å². The van der Waals surface area contributed by atoms with Crippen LogP contribution in [0.25, 0.3) is 11.5 Å². The summed E-state index contributed by atoms with van der Waals surface area (Å²) in [5, 5.41) is 6.33. The third-order valence-electron chi connectivity index (χ3n) is 4.50. The third kappa shape index (κ3) is 9.04. The number of ether oxygens (including phenoxy) is 1. The molecule has 2 aromatic carbocycles. The Labute approximate surface area is 207 Å². The molecule has 0 saturated carbocycles. The van der Waals surface area contributed by atoms with Gasteiger partial charge in [-0.2, -0.15) is 13.2 Å². The van der Waals surface area contributed by atoms with Crippen LogP contribution in [0.2, 0.25) is 0 Å². The minimum atomic E-state index is -4.33. The van der Waals surface area contributed by atoms with Crippen LogP contribution >= 0.6 is 24.0 Å². The largest absolute Gasteiger partial charge is 0.444 e. The maximum atomic E-state index is 12.2. The van der Waals surface area contributed by atoms with Crippen LogP contribution in [0.3, 0.4) is 0 Å². The average molecular weight is 574 g/mol. The van der Waals surface area contributed by atoms with Crippen LogP contribution in [0, 0.1) is 6.92 Å². The molecule has 10 heteroatoms. The summed E-state index contributed by atoms with van der Waals surface area (Å²) in [6, 6.07) is 15.1. The van der Waals surface area contributed by atoms with Gasteiger partial charge < -0.3 is 19.8 Å². The lowest BCUT2D eigenvalue weighted by Gasteiger charge is -2.12. The van der Waals surface area contributed by atoms with E-state index in [4.69, 9.17) is 9.15 Å². The van der Waals surface area contributed by atoms with E-state index in [2.05, 4.69) is 20.6 Å². The molecule has 178 valence electrons. The van der Waals surface area contributed by atoms with Gasteiger partial charge in [0.25, 0.3) is 0 Å². The number of aliphatic imine (C=N–C) groups is 1. The number of nitrogens with zero attached hydrogens (tertiary/aromatic N) is 2. The molecule has 6 nitrogen and oxygen atoms in total. The predicted octanol–water partition coefficient (Wildman–Crippen LogP) is 5.21. The molecule has 0 atom stereocenters. The number of alkyl halides is 3. The molecule has 0 unspecified atom stereocenters. The first kappa shape index (κ1) is 26.7. The van der Waals surface area contributed by atoms with Crippen molar-refractivity contribution in [3.63, 3.8) is 0 Å². The predicted molar refractivity (Wildman–Crippen MR) is 131 cm³/mol. The Kier molecular flexibility index (Phi) is 10.2. The quantitative estimate of drug-likeness (QED) is 0.220. The third-order valence-corrected chi connectivity index (χ3v) is 4.50. The van der Waals surface area contributed by atoms with Gasteiger partial charge in [-0.25, -0.2) is 4.98 Å². The monoisotopic (exact) mass is 574 g/mol. The maximum absolute atomic E-state index is 12.2. The fraction of sp³-hybridized carbons (Fsp3) is 0.304. The molecule has 0 radical (unpaired) electrons. The van der Waals surface area contributed by atoms with E-state index in [0.29, 0.717) is 30.5 Å². The summed E-state index contributed by atoms with van der Waals surface area (Å²) >= 11 is 0. The molecular weight excluding hydrogens is 548 g/mol. The Morgan fingerprint density at radius 2 is 1.76 bits per heavy atom. The zero-order valence-electron chi connectivity index (χ0n) is 18.3. The second-order valence-corrected chi connectivity index (χ2v) is 7.22. The normalized spacial score (nSPS) is 11.7. The second-order valence-electron chi connectivity index (χ2n) is 7.22. The van der Waals surface area contributed by atoms with E-state index in [9.17, 15) is 13.2 Å². The highest BCUT2D eigenvalue weighted by atomic mass is 127. The van der Waals surface area contributed by atoms with Crippen molar-refractivity contribution >= 4 is 29.9 Å². The van der Waals surface area contributed by atoms with Gasteiger partial charge in [-0.3, -0.25) is 4.99 Å². The van der Waals surface area contributed by atoms with Gasteiger partial charge in [0, 0.05) is 19.2 Å². The van der Waals surface area contributed by atoms with Gasteiger partial charge in [-0.1, -0.05) is 42.0 Å². The number of aromatic nitrogens is 1. The van der Waals surface area contributed by atoms with Gasteiger partial charge >= 0.3 is 6.18 Å². The summed E-state index contributed by atoms with van der Waals surface area (Å²) in [5.41, 5.74) is 4.36. The molecule has 0 bridgehead atoms. The van der Waals surface area contributed by atoms with Crippen LogP contribution in [-0.4, -0.2) is 30.8 Å². The Morgan fingerprint density at radius 3 is 2.45 bits per heavy atom. The van der Waals surface area contributed by atoms with Crippen molar-refractivity contribution in [2.24, 2.45) is 4.99 Å². The highest BCUT2D eigenvalue weighted by Gasteiger charge is 2.27. The first-order valence-corrected chi connectivity index (χ1v) is 10.0. The Bertz CT molecular complexity index is 1040. The Morgan fingerprint density at radius 1 is 1.06 bits per heavy atom. The van der Waals surface area contributed by atoms with Gasteiger partial charge in [-0.05, 0) is 30.2 Å². The smallest absolute Gasteiger partial charge is 0.411 e. The van der Waals surface area contributed by atoms with Gasteiger partial charge in [0.15, 0.2) is 5.96 Å². The summed E-state index contributed by atoms with van der Waals surface area (Å²) in [6.45, 7) is 1.52. The number of aryl methyl sites for hydroxylation is 1. The summed E-state index contributed by atoms with van der Waals surface area (Å²) in [7, 11) is 1.65. The molecule has 0 amide bonds. The topological polar surface area (TPSA) is 71.7 Å². The number of rotatable bonds is 8. The number of hydrogen-bond acceptors (Lipinski definition) is 4. The molecule has 33 heavy (non-hydrogen) atoms. The highest BCUT2D eigenvalue weighted by molar-refractivity contribution is 14.0. The Balaban J connectivity index is 0.00000385. The molecule has 1 aromatic heterocycles. The second kappa shape index (κ2) is 12.6. The fourth-order valence-electron chi connectivity index (χ4n) is 2.91. The van der Waals surface area contributed by atoms with Crippen LogP contribution in [0.5, 0.6) is 0 Å². The standard InChI is InChI=1S/C23H25F3N4O2.HI/c1-16-6-8-19(9-7-16)21-30-20(14-32-21)12-29-22(27-2)28-11-17-4-3-5-18(10-17)13-31-15-23(24,25)26;/h3-10,14H,11-13,15H2,1-2H3,(H2,27,28,29);1H. The maximum Gasteiger partial charge on any atom is 0.411 e. The van der Waals surface area contributed by atoms with Crippen LogP contribution in [-0.2, 0) is 24.4 Å². The molecule has 2 N–H and O–H groups in total. The highest BCUT2D eigenvalue weighted by Crippen LogP contribution is 2.19. The lowest BCUT2D eigenvalue weighted by molar-refractivity contribution is -0.176. The summed E-state index contributed by atoms with van der Waals surface area (Å²) in [6.07, 6.45) is -2.73. The van der Waals surface area contributed by atoms with Crippen molar-refractivity contribution in [1.82, 2.24) is 15.6 Å². The van der Waals surface area contributed by atoms with Crippen LogP contribution in [0.4, 0.5) is 13.2 Å². The van der Waals surface area contributed by atoms with Crippen LogP contribution < -0.4 is 10.6 Å². The van der Waals surface area contributed by atoms with Crippen molar-refractivity contribution in [2.45, 2.75) is 32.8 Å². The Hall–Kier alpha value is -2.60. The summed E-state index contributed by atoms with van der Waals surface area (Å²) in [5.74, 6) is 1.11. The molecular formula is C23H26F3IN4O2. The lowest BCUT2D eigenvalue weighted by Crippen LogP contribution is -2.36. The van der Waals surface area contributed by atoms with Crippen LogP contribution in [0.15, 0.2) is 64.2 Å². The van der Waals surface area contributed by atoms with Crippen LogP contribution in [0.1, 0.15) is 22.4 Å². The molecule has 0 aliphatic heterocycles. The van der Waals surface area contributed by atoms with E-state index in [1.807, 2.05) is 37.3 Å². The molecule has 0 fully saturated rings.